The standard InChI is InChI=1S/C25H30N2O6S/c1-19(25(29)27-14-4-6-21-5-2-3-7-23(21)27)33-24(28)13-10-20-8-11-22(12-9-20)34(30,31)26-15-17-32-18-16-26/h2-3,5,7-9,11-12,19H,4,6,10,13-18H2,1H3. The summed E-state index contributed by atoms with van der Waals surface area (Å²) in [6.45, 7) is 3.68. The summed E-state index contributed by atoms with van der Waals surface area (Å²) in [5.74, 6) is -0.686. The number of hydrogen-bond donors (Lipinski definition) is 0. The molecule has 2 heterocycles. The maximum atomic E-state index is 12.9. The van der Waals surface area contributed by atoms with E-state index in [4.69, 9.17) is 9.47 Å². The molecule has 1 amide bonds. The van der Waals surface area contributed by atoms with Crippen LogP contribution in [0, 0.1) is 0 Å². The van der Waals surface area contributed by atoms with E-state index >= 15 is 0 Å². The van der Waals surface area contributed by atoms with Crippen LogP contribution >= 0.6 is 0 Å². The van der Waals surface area contributed by atoms with E-state index in [0.29, 0.717) is 39.3 Å². The molecular formula is C25H30N2O6S. The molecule has 1 saturated heterocycles. The van der Waals surface area contributed by atoms with Crippen molar-refractivity contribution in [3.63, 3.8) is 0 Å². The van der Waals surface area contributed by atoms with Crippen molar-refractivity contribution in [2.24, 2.45) is 0 Å². The molecular weight excluding hydrogens is 456 g/mol. The lowest BCUT2D eigenvalue weighted by molar-refractivity contribution is -0.153. The Bertz CT molecular complexity index is 1130. The molecule has 1 fully saturated rings. The quantitative estimate of drug-likeness (QED) is 0.559. The summed E-state index contributed by atoms with van der Waals surface area (Å²) in [7, 11) is -3.55. The third-order valence-corrected chi connectivity index (χ3v) is 8.09. The van der Waals surface area contributed by atoms with Gasteiger partial charge in [-0.3, -0.25) is 9.59 Å². The smallest absolute Gasteiger partial charge is 0.306 e. The van der Waals surface area contributed by atoms with E-state index in [1.54, 1.807) is 36.1 Å². The number of nitrogens with zero attached hydrogens (tertiary/aromatic N) is 2. The van der Waals surface area contributed by atoms with E-state index in [-0.39, 0.29) is 17.2 Å². The predicted octanol–water partition coefficient (Wildman–Crippen LogP) is 2.55. The Morgan fingerprint density at radius 3 is 2.47 bits per heavy atom. The number of carbonyl (C=O) groups excluding carboxylic acids is 2. The number of ether oxygens (including phenoxy) is 2. The highest BCUT2D eigenvalue weighted by atomic mass is 32.2. The Morgan fingerprint density at radius 1 is 1.03 bits per heavy atom. The van der Waals surface area contributed by atoms with Crippen LogP contribution in [0.4, 0.5) is 5.69 Å². The summed E-state index contributed by atoms with van der Waals surface area (Å²) in [6, 6.07) is 14.3. The number of carbonyl (C=O) groups is 2. The normalized spacial score (nSPS) is 17.6. The summed E-state index contributed by atoms with van der Waals surface area (Å²) >= 11 is 0. The summed E-state index contributed by atoms with van der Waals surface area (Å²) in [5, 5.41) is 0. The molecule has 34 heavy (non-hydrogen) atoms. The number of aryl methyl sites for hydroxylation is 2. The Labute approximate surface area is 200 Å². The molecule has 1 unspecified atom stereocenters. The molecule has 8 nitrogen and oxygen atoms in total. The van der Waals surface area contributed by atoms with Crippen LogP contribution in [0.25, 0.3) is 0 Å². The number of amides is 1. The minimum absolute atomic E-state index is 0.101. The fraction of sp³-hybridized carbons (Fsp3) is 0.440. The van der Waals surface area contributed by atoms with Gasteiger partial charge in [0.05, 0.1) is 18.1 Å². The lowest BCUT2D eigenvalue weighted by Gasteiger charge is -2.31. The number of benzene rings is 2. The van der Waals surface area contributed by atoms with Crippen LogP contribution in [0.15, 0.2) is 53.4 Å². The van der Waals surface area contributed by atoms with Gasteiger partial charge in [0.1, 0.15) is 0 Å². The second-order valence-corrected chi connectivity index (χ2v) is 10.5. The number of hydrogen-bond acceptors (Lipinski definition) is 6. The van der Waals surface area contributed by atoms with Crippen LogP contribution in [0.5, 0.6) is 0 Å². The first kappa shape index (κ1) is 24.4. The summed E-state index contributed by atoms with van der Waals surface area (Å²) in [5.41, 5.74) is 2.83. The van der Waals surface area contributed by atoms with Gasteiger partial charge < -0.3 is 14.4 Å². The molecule has 2 aliphatic rings. The second-order valence-electron chi connectivity index (χ2n) is 8.51. The largest absolute Gasteiger partial charge is 0.453 e. The van der Waals surface area contributed by atoms with Crippen molar-refractivity contribution in [1.82, 2.24) is 4.31 Å². The van der Waals surface area contributed by atoms with Crippen LogP contribution in [-0.4, -0.2) is 63.6 Å². The van der Waals surface area contributed by atoms with Gasteiger partial charge >= 0.3 is 5.97 Å². The third-order valence-electron chi connectivity index (χ3n) is 6.18. The maximum Gasteiger partial charge on any atom is 0.306 e. The number of sulfonamides is 1. The zero-order valence-corrected chi connectivity index (χ0v) is 20.1. The number of fused-ring (bicyclic) bond motifs is 1. The van der Waals surface area contributed by atoms with E-state index in [1.807, 2.05) is 24.3 Å². The third kappa shape index (κ3) is 5.48. The number of morpholine rings is 1. The first-order chi connectivity index (χ1) is 16.4. The van der Waals surface area contributed by atoms with Crippen molar-refractivity contribution >= 4 is 27.6 Å². The Kier molecular flexibility index (Phi) is 7.65. The molecule has 9 heteroatoms. The highest BCUT2D eigenvalue weighted by Gasteiger charge is 2.28. The molecule has 2 aromatic carbocycles. The fourth-order valence-electron chi connectivity index (χ4n) is 4.30. The molecule has 0 aliphatic carbocycles. The summed E-state index contributed by atoms with van der Waals surface area (Å²) < 4.78 is 37.5. The highest BCUT2D eigenvalue weighted by Crippen LogP contribution is 2.27. The Morgan fingerprint density at radius 2 is 1.74 bits per heavy atom. The molecule has 4 rings (SSSR count). The Hall–Kier alpha value is -2.75. The SMILES string of the molecule is CC(OC(=O)CCc1ccc(S(=O)(=O)N2CCOCC2)cc1)C(=O)N1CCCc2ccccc21. The van der Waals surface area contributed by atoms with Gasteiger partial charge in [-0.25, -0.2) is 8.42 Å². The van der Waals surface area contributed by atoms with Crippen molar-refractivity contribution in [3.05, 3.63) is 59.7 Å². The van der Waals surface area contributed by atoms with Gasteiger partial charge in [-0.1, -0.05) is 30.3 Å². The molecule has 182 valence electrons. The molecule has 0 spiro atoms. The molecule has 2 aromatic rings. The van der Waals surface area contributed by atoms with E-state index in [1.165, 1.54) is 4.31 Å². The first-order valence-electron chi connectivity index (χ1n) is 11.6. The molecule has 0 radical (unpaired) electrons. The number of anilines is 1. The van der Waals surface area contributed by atoms with Crippen LogP contribution in [0.3, 0.4) is 0 Å². The zero-order valence-electron chi connectivity index (χ0n) is 19.3. The average molecular weight is 487 g/mol. The lowest BCUT2D eigenvalue weighted by Crippen LogP contribution is -2.42. The van der Waals surface area contributed by atoms with Gasteiger partial charge in [0.2, 0.25) is 10.0 Å². The van der Waals surface area contributed by atoms with E-state index in [0.717, 1.165) is 29.7 Å². The molecule has 0 aromatic heterocycles. The zero-order chi connectivity index (χ0) is 24.1. The first-order valence-corrected chi connectivity index (χ1v) is 13.1. The van der Waals surface area contributed by atoms with Crippen LogP contribution < -0.4 is 4.90 Å². The van der Waals surface area contributed by atoms with E-state index in [2.05, 4.69) is 0 Å². The van der Waals surface area contributed by atoms with Crippen molar-refractivity contribution in [2.75, 3.05) is 37.7 Å². The van der Waals surface area contributed by atoms with Crippen molar-refractivity contribution < 1.29 is 27.5 Å². The van der Waals surface area contributed by atoms with Crippen LogP contribution in [0.2, 0.25) is 0 Å². The van der Waals surface area contributed by atoms with Gasteiger partial charge in [-0.2, -0.15) is 4.31 Å². The molecule has 2 aliphatic heterocycles. The maximum absolute atomic E-state index is 12.9. The van der Waals surface area contributed by atoms with Crippen LogP contribution in [0.1, 0.15) is 30.9 Å². The molecule has 0 bridgehead atoms. The fourth-order valence-corrected chi connectivity index (χ4v) is 5.71. The van der Waals surface area contributed by atoms with Crippen molar-refractivity contribution in [3.8, 4) is 0 Å². The van der Waals surface area contributed by atoms with Gasteiger partial charge in [0.15, 0.2) is 6.10 Å². The van der Waals surface area contributed by atoms with Gasteiger partial charge in [0.25, 0.3) is 5.91 Å². The highest BCUT2D eigenvalue weighted by molar-refractivity contribution is 7.89. The van der Waals surface area contributed by atoms with E-state index in [9.17, 15) is 18.0 Å². The number of esters is 1. The Balaban J connectivity index is 1.30. The summed E-state index contributed by atoms with van der Waals surface area (Å²) in [6.07, 6.45) is 1.43. The van der Waals surface area contributed by atoms with Crippen molar-refractivity contribution in [2.45, 2.75) is 43.6 Å². The monoisotopic (exact) mass is 486 g/mol. The minimum Gasteiger partial charge on any atom is -0.453 e. The summed E-state index contributed by atoms with van der Waals surface area (Å²) in [4.78, 5) is 27.2. The topological polar surface area (TPSA) is 93.2 Å². The molecule has 0 N–H and O–H groups in total. The van der Waals surface area contributed by atoms with Crippen molar-refractivity contribution in [1.29, 1.82) is 0 Å². The van der Waals surface area contributed by atoms with Gasteiger partial charge in [-0.05, 0) is 55.5 Å². The number of para-hydroxylation sites is 1. The lowest BCUT2D eigenvalue weighted by atomic mass is 10.0. The van der Waals surface area contributed by atoms with Gasteiger partial charge in [-0.15, -0.1) is 0 Å². The number of rotatable bonds is 7. The second kappa shape index (κ2) is 10.7. The minimum atomic E-state index is -3.55. The average Bonchev–Trinajstić information content (AvgIpc) is 2.87. The molecule has 0 saturated carbocycles. The van der Waals surface area contributed by atoms with Gasteiger partial charge in [0, 0.05) is 31.7 Å². The van der Waals surface area contributed by atoms with E-state index < -0.39 is 22.1 Å². The van der Waals surface area contributed by atoms with Crippen LogP contribution in [-0.2, 0) is 41.9 Å². The molecule has 1 atom stereocenters. The predicted molar refractivity (Wildman–Crippen MR) is 127 cm³/mol.